The molecule has 1 N–H and O–H groups in total. The number of anilines is 1. The standard InChI is InChI=1S/C30H29N5O/c1-21-7-6-8-22(2)28(21)36-29-26-15-16-35(19-25-9-4-3-5-10-25)20-27(26)33-30(34-29)32-18-24-13-11-23(17-31)12-14-24/h3-14H,15-16,18-20H2,1-2H3,(H,32,33,34). The number of nitrogens with zero attached hydrogens (tertiary/aromatic N) is 4. The van der Waals surface area contributed by atoms with Gasteiger partial charge in [-0.25, -0.2) is 4.98 Å². The zero-order valence-electron chi connectivity index (χ0n) is 20.7. The van der Waals surface area contributed by atoms with Crippen LogP contribution in [-0.4, -0.2) is 21.4 Å². The lowest BCUT2D eigenvalue weighted by molar-refractivity contribution is 0.238. The van der Waals surface area contributed by atoms with Gasteiger partial charge in [-0.2, -0.15) is 10.2 Å². The van der Waals surface area contributed by atoms with Gasteiger partial charge in [-0.05, 0) is 54.7 Å². The molecule has 3 aromatic carbocycles. The number of nitriles is 1. The van der Waals surface area contributed by atoms with Crippen LogP contribution in [0.1, 0.15) is 39.1 Å². The Kier molecular flexibility index (Phi) is 6.92. The Morgan fingerprint density at radius 2 is 1.67 bits per heavy atom. The minimum atomic E-state index is 0.543. The van der Waals surface area contributed by atoms with E-state index in [0.29, 0.717) is 23.9 Å². The quantitative estimate of drug-likeness (QED) is 0.357. The Morgan fingerprint density at radius 1 is 0.917 bits per heavy atom. The van der Waals surface area contributed by atoms with Crippen molar-refractivity contribution in [2.24, 2.45) is 0 Å². The summed E-state index contributed by atoms with van der Waals surface area (Å²) in [6, 6.07) is 26.4. The Morgan fingerprint density at radius 3 is 2.39 bits per heavy atom. The maximum atomic E-state index is 9.05. The predicted octanol–water partition coefficient (Wildman–Crippen LogP) is 5.93. The molecule has 1 aliphatic heterocycles. The number of hydrogen-bond acceptors (Lipinski definition) is 6. The van der Waals surface area contributed by atoms with Crippen LogP contribution in [0.15, 0.2) is 72.8 Å². The van der Waals surface area contributed by atoms with E-state index in [9.17, 15) is 0 Å². The van der Waals surface area contributed by atoms with Gasteiger partial charge in [0.1, 0.15) is 5.75 Å². The first-order valence-corrected chi connectivity index (χ1v) is 12.2. The molecule has 5 rings (SSSR count). The summed E-state index contributed by atoms with van der Waals surface area (Å²) in [4.78, 5) is 12.1. The van der Waals surface area contributed by atoms with Crippen LogP contribution in [0.5, 0.6) is 11.6 Å². The van der Waals surface area contributed by atoms with Crippen molar-refractivity contribution in [1.29, 1.82) is 5.26 Å². The molecular formula is C30H29N5O. The second-order valence-electron chi connectivity index (χ2n) is 9.21. The Hall–Kier alpha value is -4.21. The lowest BCUT2D eigenvalue weighted by atomic mass is 10.0. The molecule has 0 saturated carbocycles. The van der Waals surface area contributed by atoms with Crippen molar-refractivity contribution in [3.8, 4) is 17.7 Å². The third kappa shape index (κ3) is 5.37. The molecule has 6 nitrogen and oxygen atoms in total. The van der Waals surface area contributed by atoms with Crippen molar-refractivity contribution in [1.82, 2.24) is 14.9 Å². The van der Waals surface area contributed by atoms with Crippen LogP contribution in [0.2, 0.25) is 0 Å². The molecule has 0 atom stereocenters. The highest BCUT2D eigenvalue weighted by molar-refractivity contribution is 5.47. The highest BCUT2D eigenvalue weighted by Crippen LogP contribution is 2.34. The first kappa shape index (κ1) is 23.5. The van der Waals surface area contributed by atoms with Crippen molar-refractivity contribution in [3.05, 3.63) is 112 Å². The van der Waals surface area contributed by atoms with Crippen LogP contribution in [0.3, 0.4) is 0 Å². The zero-order chi connectivity index (χ0) is 24.9. The van der Waals surface area contributed by atoms with Gasteiger partial charge >= 0.3 is 0 Å². The predicted molar refractivity (Wildman–Crippen MR) is 141 cm³/mol. The molecule has 4 aromatic rings. The topological polar surface area (TPSA) is 74.1 Å². The highest BCUT2D eigenvalue weighted by Gasteiger charge is 2.24. The summed E-state index contributed by atoms with van der Waals surface area (Å²) in [5, 5.41) is 12.4. The monoisotopic (exact) mass is 475 g/mol. The third-order valence-electron chi connectivity index (χ3n) is 6.50. The number of benzene rings is 3. The Bertz CT molecular complexity index is 1370. The van der Waals surface area contributed by atoms with Crippen molar-refractivity contribution in [3.63, 3.8) is 0 Å². The Balaban J connectivity index is 1.43. The molecule has 0 bridgehead atoms. The minimum Gasteiger partial charge on any atom is -0.438 e. The average Bonchev–Trinajstić information content (AvgIpc) is 2.90. The van der Waals surface area contributed by atoms with Crippen LogP contribution in [0.25, 0.3) is 0 Å². The number of hydrogen-bond donors (Lipinski definition) is 1. The van der Waals surface area contributed by atoms with Gasteiger partial charge in [0.05, 0.1) is 17.3 Å². The number of aryl methyl sites for hydroxylation is 2. The fourth-order valence-electron chi connectivity index (χ4n) is 4.53. The van der Waals surface area contributed by atoms with Crippen LogP contribution >= 0.6 is 0 Å². The van der Waals surface area contributed by atoms with E-state index in [-0.39, 0.29) is 0 Å². The third-order valence-corrected chi connectivity index (χ3v) is 6.50. The van der Waals surface area contributed by atoms with Gasteiger partial charge in [0.25, 0.3) is 0 Å². The van der Waals surface area contributed by atoms with Gasteiger partial charge in [-0.15, -0.1) is 0 Å². The number of fused-ring (bicyclic) bond motifs is 1. The summed E-state index contributed by atoms with van der Waals surface area (Å²) in [6.07, 6.45) is 0.832. The van der Waals surface area contributed by atoms with E-state index in [0.717, 1.165) is 59.8 Å². The lowest BCUT2D eigenvalue weighted by Crippen LogP contribution is -2.31. The van der Waals surface area contributed by atoms with Gasteiger partial charge < -0.3 is 10.1 Å². The molecule has 1 aromatic heterocycles. The Labute approximate surface area is 212 Å². The molecule has 0 amide bonds. The second-order valence-corrected chi connectivity index (χ2v) is 9.21. The molecule has 6 heteroatoms. The SMILES string of the molecule is Cc1cccc(C)c1Oc1nc(NCc2ccc(C#N)cc2)nc2c1CCN(Cc1ccccc1)C2. The van der Waals surface area contributed by atoms with E-state index in [4.69, 9.17) is 20.0 Å². The summed E-state index contributed by atoms with van der Waals surface area (Å²) < 4.78 is 6.47. The van der Waals surface area contributed by atoms with Crippen molar-refractivity contribution in [2.75, 3.05) is 11.9 Å². The van der Waals surface area contributed by atoms with E-state index in [1.165, 1.54) is 5.56 Å². The zero-order valence-corrected chi connectivity index (χ0v) is 20.7. The number of ether oxygens (including phenoxy) is 1. The van der Waals surface area contributed by atoms with Crippen LogP contribution < -0.4 is 10.1 Å². The van der Waals surface area contributed by atoms with Crippen molar-refractivity contribution < 1.29 is 4.74 Å². The fourth-order valence-corrected chi connectivity index (χ4v) is 4.53. The number of aromatic nitrogens is 2. The number of rotatable bonds is 7. The van der Waals surface area contributed by atoms with Crippen molar-refractivity contribution in [2.45, 2.75) is 39.9 Å². The maximum absolute atomic E-state index is 9.05. The molecule has 180 valence electrons. The van der Waals surface area contributed by atoms with Gasteiger partial charge in [-0.1, -0.05) is 60.7 Å². The number of nitrogens with one attached hydrogen (secondary N) is 1. The highest BCUT2D eigenvalue weighted by atomic mass is 16.5. The minimum absolute atomic E-state index is 0.543. The van der Waals surface area contributed by atoms with Crippen LogP contribution in [-0.2, 0) is 26.1 Å². The average molecular weight is 476 g/mol. The molecule has 2 heterocycles. The van der Waals surface area contributed by atoms with E-state index >= 15 is 0 Å². The number of para-hydroxylation sites is 1. The molecule has 0 unspecified atom stereocenters. The van der Waals surface area contributed by atoms with Gasteiger partial charge in [0.2, 0.25) is 11.8 Å². The first-order chi connectivity index (χ1) is 17.6. The summed E-state index contributed by atoms with van der Waals surface area (Å²) >= 11 is 0. The van der Waals surface area contributed by atoms with E-state index in [2.05, 4.69) is 66.5 Å². The molecule has 36 heavy (non-hydrogen) atoms. The molecular weight excluding hydrogens is 446 g/mol. The largest absolute Gasteiger partial charge is 0.438 e. The molecule has 1 aliphatic rings. The van der Waals surface area contributed by atoms with E-state index < -0.39 is 0 Å². The normalized spacial score (nSPS) is 13.0. The molecule has 0 aliphatic carbocycles. The fraction of sp³-hybridized carbons (Fsp3) is 0.233. The first-order valence-electron chi connectivity index (χ1n) is 12.2. The maximum Gasteiger partial charge on any atom is 0.227 e. The van der Waals surface area contributed by atoms with Gasteiger partial charge in [-0.3, -0.25) is 4.90 Å². The van der Waals surface area contributed by atoms with Gasteiger partial charge in [0.15, 0.2) is 0 Å². The van der Waals surface area contributed by atoms with Crippen LogP contribution in [0, 0.1) is 25.2 Å². The van der Waals surface area contributed by atoms with E-state index in [1.54, 1.807) is 0 Å². The molecule has 0 radical (unpaired) electrons. The lowest BCUT2D eigenvalue weighted by Gasteiger charge is -2.29. The van der Waals surface area contributed by atoms with E-state index in [1.807, 2.05) is 36.4 Å². The summed E-state index contributed by atoms with van der Waals surface area (Å²) in [7, 11) is 0. The summed E-state index contributed by atoms with van der Waals surface area (Å²) in [6.45, 7) is 7.21. The summed E-state index contributed by atoms with van der Waals surface area (Å²) in [5.41, 5.74) is 7.22. The molecule has 0 spiro atoms. The second kappa shape index (κ2) is 10.6. The smallest absolute Gasteiger partial charge is 0.227 e. The summed E-state index contributed by atoms with van der Waals surface area (Å²) in [5.74, 6) is 2.02. The van der Waals surface area contributed by atoms with Gasteiger partial charge in [0, 0.05) is 31.7 Å². The molecule has 0 saturated heterocycles. The molecule has 0 fully saturated rings. The van der Waals surface area contributed by atoms with Crippen molar-refractivity contribution >= 4 is 5.95 Å². The van der Waals surface area contributed by atoms with Crippen LogP contribution in [0.4, 0.5) is 5.95 Å².